The highest BCUT2D eigenvalue weighted by molar-refractivity contribution is 5.91. The van der Waals surface area contributed by atoms with E-state index in [1.807, 2.05) is 0 Å². The third-order valence-electron chi connectivity index (χ3n) is 4.59. The summed E-state index contributed by atoms with van der Waals surface area (Å²) in [6, 6.07) is 0. The summed E-state index contributed by atoms with van der Waals surface area (Å²) in [6.45, 7) is 1.53. The van der Waals surface area contributed by atoms with Gasteiger partial charge in [-0.15, -0.1) is 0 Å². The van der Waals surface area contributed by atoms with Gasteiger partial charge in [0.2, 0.25) is 0 Å². The lowest BCUT2D eigenvalue weighted by atomic mass is 10.0. The van der Waals surface area contributed by atoms with E-state index in [4.69, 9.17) is 5.11 Å². The molecule has 0 aromatic carbocycles. The Morgan fingerprint density at radius 3 is 1.96 bits per heavy atom. The summed E-state index contributed by atoms with van der Waals surface area (Å²) < 4.78 is 0. The summed E-state index contributed by atoms with van der Waals surface area (Å²) in [4.78, 5) is 28.2. The third kappa shape index (κ3) is 4.45. The van der Waals surface area contributed by atoms with Crippen molar-refractivity contribution in [2.24, 2.45) is 0 Å². The molecule has 0 aliphatic heterocycles. The van der Waals surface area contributed by atoms with E-state index in [2.05, 4.69) is 19.9 Å². The van der Waals surface area contributed by atoms with Crippen molar-refractivity contribution < 1.29 is 9.90 Å². The number of ketones is 1. The average Bonchev–Trinajstić information content (AvgIpc) is 2.67. The van der Waals surface area contributed by atoms with E-state index in [0.29, 0.717) is 11.4 Å². The van der Waals surface area contributed by atoms with E-state index in [1.54, 1.807) is 12.4 Å². The molecule has 2 heterocycles. The van der Waals surface area contributed by atoms with Crippen LogP contribution in [0.2, 0.25) is 0 Å². The quantitative estimate of drug-likeness (QED) is 0.845. The van der Waals surface area contributed by atoms with Crippen LogP contribution in [0.5, 0.6) is 0 Å². The topological polar surface area (TPSA) is 88.9 Å². The minimum absolute atomic E-state index is 0.000278. The molecule has 0 unspecified atom stereocenters. The molecule has 2 aromatic rings. The van der Waals surface area contributed by atoms with Crippen molar-refractivity contribution in [2.45, 2.75) is 64.9 Å². The first kappa shape index (κ1) is 17.6. The number of aliphatic hydroxyl groups excluding tert-OH is 1. The van der Waals surface area contributed by atoms with Crippen LogP contribution in [0.4, 0.5) is 0 Å². The molecule has 132 valence electrons. The minimum Gasteiger partial charge on any atom is -0.390 e. The number of aromatic nitrogens is 4. The highest BCUT2D eigenvalue weighted by Crippen LogP contribution is 2.18. The van der Waals surface area contributed by atoms with Crippen molar-refractivity contribution in [1.82, 2.24) is 19.9 Å². The van der Waals surface area contributed by atoms with Gasteiger partial charge in [-0.1, -0.05) is 0 Å². The Labute approximate surface area is 147 Å². The van der Waals surface area contributed by atoms with Crippen LogP contribution in [-0.4, -0.2) is 30.8 Å². The first-order valence-electron chi connectivity index (χ1n) is 8.97. The van der Waals surface area contributed by atoms with E-state index in [1.165, 1.54) is 32.6 Å². The van der Waals surface area contributed by atoms with Crippen molar-refractivity contribution in [3.8, 4) is 0 Å². The lowest BCUT2D eigenvalue weighted by molar-refractivity contribution is 0.101. The monoisotopic (exact) mass is 340 g/mol. The molecular weight excluding hydrogens is 316 g/mol. The molecule has 0 spiro atoms. The maximum atomic E-state index is 11.0. The van der Waals surface area contributed by atoms with Gasteiger partial charge in [0.25, 0.3) is 0 Å². The maximum absolute atomic E-state index is 11.0. The minimum atomic E-state index is 0.000278. The Bertz CT molecular complexity index is 761. The molecule has 25 heavy (non-hydrogen) atoms. The number of hydrogen-bond acceptors (Lipinski definition) is 6. The molecule has 2 aliphatic carbocycles. The number of nitrogens with zero attached hydrogens (tertiary/aromatic N) is 4. The average molecular weight is 340 g/mol. The van der Waals surface area contributed by atoms with Crippen LogP contribution < -0.4 is 0 Å². The maximum Gasteiger partial charge on any atom is 0.179 e. The number of rotatable bonds is 2. The Kier molecular flexibility index (Phi) is 5.81. The molecule has 1 N–H and O–H groups in total. The highest BCUT2D eigenvalue weighted by Gasteiger charge is 2.13. The van der Waals surface area contributed by atoms with Gasteiger partial charge in [-0.05, 0) is 51.4 Å². The van der Waals surface area contributed by atoms with Gasteiger partial charge < -0.3 is 5.11 Å². The smallest absolute Gasteiger partial charge is 0.179 e. The fourth-order valence-electron chi connectivity index (χ4n) is 3.18. The Morgan fingerprint density at radius 2 is 1.40 bits per heavy atom. The van der Waals surface area contributed by atoms with Crippen LogP contribution in [0, 0.1) is 0 Å². The van der Waals surface area contributed by atoms with Gasteiger partial charge in [0.15, 0.2) is 5.78 Å². The van der Waals surface area contributed by atoms with Crippen LogP contribution in [0.15, 0.2) is 12.4 Å². The summed E-state index contributed by atoms with van der Waals surface area (Å²) in [7, 11) is 0. The zero-order valence-electron chi connectivity index (χ0n) is 14.7. The first-order chi connectivity index (χ1) is 12.2. The second-order valence-electron chi connectivity index (χ2n) is 6.53. The van der Waals surface area contributed by atoms with Crippen molar-refractivity contribution in [3.05, 3.63) is 46.6 Å². The standard InChI is InChI=1S/C10H12N2O.C9H12N2O/c1-7(13)10-6-11-8-4-2-3-5-9(8)12-10;12-6-7-5-10-8-3-1-2-4-9(8)11-7/h6H,2-5H2,1H3;5,12H,1-4,6H2. The second kappa shape index (κ2) is 8.25. The summed E-state index contributed by atoms with van der Waals surface area (Å²) in [6.07, 6.45) is 12.1. The fraction of sp³-hybridized carbons (Fsp3) is 0.526. The SMILES string of the molecule is CC(=O)c1cnc2c(n1)CCCC2.OCc1cnc2c(n1)CCCC2. The Morgan fingerprint density at radius 1 is 0.880 bits per heavy atom. The molecule has 0 bridgehead atoms. The molecule has 0 saturated heterocycles. The van der Waals surface area contributed by atoms with Crippen LogP contribution >= 0.6 is 0 Å². The number of carbonyl (C=O) groups excluding carboxylic acids is 1. The number of carbonyl (C=O) groups is 1. The van der Waals surface area contributed by atoms with Crippen molar-refractivity contribution in [2.75, 3.05) is 0 Å². The van der Waals surface area contributed by atoms with E-state index in [9.17, 15) is 4.79 Å². The number of Topliss-reactive ketones (excluding diaryl/α,β-unsaturated/α-hetero) is 1. The van der Waals surface area contributed by atoms with Gasteiger partial charge >= 0.3 is 0 Å². The summed E-state index contributed by atoms with van der Waals surface area (Å²) in [5.41, 5.74) is 5.51. The Balaban J connectivity index is 0.000000146. The van der Waals surface area contributed by atoms with Gasteiger partial charge in [-0.2, -0.15) is 0 Å². The summed E-state index contributed by atoms with van der Waals surface area (Å²) in [5.74, 6) is 0.000809. The zero-order chi connectivity index (χ0) is 17.6. The van der Waals surface area contributed by atoms with Gasteiger partial charge in [0.1, 0.15) is 5.69 Å². The second-order valence-corrected chi connectivity index (χ2v) is 6.53. The first-order valence-corrected chi connectivity index (χ1v) is 8.97. The molecule has 2 aromatic heterocycles. The predicted molar refractivity (Wildman–Crippen MR) is 93.3 cm³/mol. The molecule has 0 fully saturated rings. The highest BCUT2D eigenvalue weighted by atomic mass is 16.3. The van der Waals surface area contributed by atoms with Crippen LogP contribution in [0.25, 0.3) is 0 Å². The normalized spacial score (nSPS) is 15.4. The van der Waals surface area contributed by atoms with E-state index >= 15 is 0 Å². The zero-order valence-corrected chi connectivity index (χ0v) is 14.7. The number of aliphatic hydroxyl groups is 1. The Hall–Kier alpha value is -2.21. The molecule has 6 heteroatoms. The third-order valence-corrected chi connectivity index (χ3v) is 4.59. The van der Waals surface area contributed by atoms with Gasteiger partial charge in [0.05, 0.1) is 47.5 Å². The van der Waals surface area contributed by atoms with E-state index in [-0.39, 0.29) is 12.4 Å². The van der Waals surface area contributed by atoms with Crippen LogP contribution in [0.3, 0.4) is 0 Å². The molecule has 0 saturated carbocycles. The van der Waals surface area contributed by atoms with Crippen LogP contribution in [0.1, 0.15) is 71.6 Å². The fourth-order valence-corrected chi connectivity index (χ4v) is 3.18. The predicted octanol–water partition coefficient (Wildman–Crippen LogP) is 2.41. The lowest BCUT2D eigenvalue weighted by Gasteiger charge is -2.13. The summed E-state index contributed by atoms with van der Waals surface area (Å²) >= 11 is 0. The van der Waals surface area contributed by atoms with Crippen molar-refractivity contribution >= 4 is 5.78 Å². The van der Waals surface area contributed by atoms with Crippen LogP contribution in [-0.2, 0) is 32.3 Å². The van der Waals surface area contributed by atoms with Gasteiger partial charge in [-0.25, -0.2) is 4.98 Å². The molecule has 2 aliphatic rings. The lowest BCUT2D eigenvalue weighted by Crippen LogP contribution is -2.11. The van der Waals surface area contributed by atoms with E-state index < -0.39 is 0 Å². The molecule has 0 amide bonds. The molecule has 0 atom stereocenters. The summed E-state index contributed by atoms with van der Waals surface area (Å²) in [5, 5.41) is 8.84. The number of hydrogen-bond donors (Lipinski definition) is 1. The van der Waals surface area contributed by atoms with Gasteiger partial charge in [0, 0.05) is 6.92 Å². The van der Waals surface area contributed by atoms with Gasteiger partial charge in [-0.3, -0.25) is 19.7 Å². The van der Waals surface area contributed by atoms with E-state index in [0.717, 1.165) is 48.5 Å². The largest absolute Gasteiger partial charge is 0.390 e. The molecule has 6 nitrogen and oxygen atoms in total. The molecule has 0 radical (unpaired) electrons. The molecule has 4 rings (SSSR count). The number of aryl methyl sites for hydroxylation is 4. The van der Waals surface area contributed by atoms with Crippen molar-refractivity contribution in [3.63, 3.8) is 0 Å². The van der Waals surface area contributed by atoms with Crippen molar-refractivity contribution in [1.29, 1.82) is 0 Å². The molecular formula is C19H24N4O2. The number of fused-ring (bicyclic) bond motifs is 2.